The number of hydrogen-bond donors (Lipinski definition) is 1. The molecule has 0 bridgehead atoms. The van der Waals surface area contributed by atoms with Gasteiger partial charge < -0.3 is 10.3 Å². The molecule has 3 nitrogen and oxygen atoms in total. The normalized spacial score (nSPS) is 15.4. The lowest BCUT2D eigenvalue weighted by Crippen LogP contribution is -2.11. The Morgan fingerprint density at radius 1 is 1.62 bits per heavy atom. The lowest BCUT2D eigenvalue weighted by atomic mass is 10.2. The smallest absolute Gasteiger partial charge is 0.108 e. The molecule has 1 aromatic rings. The molecule has 0 unspecified atom stereocenters. The molecule has 1 aliphatic rings. The van der Waals surface area contributed by atoms with Gasteiger partial charge in [-0.05, 0) is 12.8 Å². The Bertz CT molecular complexity index is 306. The van der Waals surface area contributed by atoms with Crippen LogP contribution >= 0.6 is 12.2 Å². The Hall–Kier alpha value is -0.900. The van der Waals surface area contributed by atoms with Crippen LogP contribution < -0.4 is 5.73 Å². The van der Waals surface area contributed by atoms with E-state index in [9.17, 15) is 0 Å². The molecule has 2 N–H and O–H groups in total. The van der Waals surface area contributed by atoms with Crippen LogP contribution in [0.4, 0.5) is 0 Å². The molecule has 2 heterocycles. The highest BCUT2D eigenvalue weighted by atomic mass is 32.1. The van der Waals surface area contributed by atoms with E-state index < -0.39 is 0 Å². The number of nitrogens with zero attached hydrogens (tertiary/aromatic N) is 2. The monoisotopic (exact) mass is 195 g/mol. The summed E-state index contributed by atoms with van der Waals surface area (Å²) in [7, 11) is 0. The van der Waals surface area contributed by atoms with Crippen LogP contribution in [0.1, 0.15) is 24.4 Å². The van der Waals surface area contributed by atoms with Crippen LogP contribution in [0.5, 0.6) is 0 Å². The van der Waals surface area contributed by atoms with E-state index in [2.05, 4.69) is 15.7 Å². The number of nitrogens with two attached hydrogens (primary N) is 1. The van der Waals surface area contributed by atoms with Gasteiger partial charge in [-0.1, -0.05) is 12.2 Å². The molecule has 0 atom stereocenters. The van der Waals surface area contributed by atoms with Crippen molar-refractivity contribution in [3.63, 3.8) is 0 Å². The molecule has 0 saturated heterocycles. The molecule has 0 fully saturated rings. The first-order chi connectivity index (χ1) is 6.25. The van der Waals surface area contributed by atoms with Crippen molar-refractivity contribution in [2.24, 2.45) is 5.73 Å². The van der Waals surface area contributed by atoms with Gasteiger partial charge in [0.05, 0.1) is 10.7 Å². The lowest BCUT2D eigenvalue weighted by Gasteiger charge is -2.11. The fraction of sp³-hybridized carbons (Fsp3) is 0.556. The summed E-state index contributed by atoms with van der Waals surface area (Å²) < 4.78 is 2.22. The molecule has 2 rings (SSSR count). The van der Waals surface area contributed by atoms with Crippen LogP contribution in [0.2, 0.25) is 0 Å². The highest BCUT2D eigenvalue weighted by Crippen LogP contribution is 2.14. The third-order valence-corrected chi connectivity index (χ3v) is 2.46. The molecular weight excluding hydrogens is 182 g/mol. The molecule has 0 aliphatic carbocycles. The SMILES string of the molecule is NC(=S)Cc1cn2c(n1)CCCC2. The zero-order valence-corrected chi connectivity index (χ0v) is 8.31. The molecule has 0 amide bonds. The van der Waals surface area contributed by atoms with Gasteiger partial charge in [-0.25, -0.2) is 4.98 Å². The van der Waals surface area contributed by atoms with E-state index in [4.69, 9.17) is 18.0 Å². The highest BCUT2D eigenvalue weighted by Gasteiger charge is 2.11. The van der Waals surface area contributed by atoms with Crippen LogP contribution in [-0.4, -0.2) is 14.5 Å². The van der Waals surface area contributed by atoms with Crippen molar-refractivity contribution in [1.82, 2.24) is 9.55 Å². The summed E-state index contributed by atoms with van der Waals surface area (Å²) in [6.45, 7) is 1.10. The predicted molar refractivity (Wildman–Crippen MR) is 55.7 cm³/mol. The first-order valence-corrected chi connectivity index (χ1v) is 5.00. The highest BCUT2D eigenvalue weighted by molar-refractivity contribution is 7.80. The van der Waals surface area contributed by atoms with Crippen LogP contribution in [0.25, 0.3) is 0 Å². The Morgan fingerprint density at radius 2 is 2.46 bits per heavy atom. The maximum Gasteiger partial charge on any atom is 0.108 e. The summed E-state index contributed by atoms with van der Waals surface area (Å²) in [4.78, 5) is 5.01. The summed E-state index contributed by atoms with van der Waals surface area (Å²) in [6.07, 6.45) is 6.32. The van der Waals surface area contributed by atoms with Gasteiger partial charge in [0, 0.05) is 25.6 Å². The van der Waals surface area contributed by atoms with Crippen LogP contribution in [0, 0.1) is 0 Å². The second kappa shape index (κ2) is 3.46. The van der Waals surface area contributed by atoms with Crippen molar-refractivity contribution in [1.29, 1.82) is 0 Å². The number of thiocarbonyl (C=S) groups is 1. The van der Waals surface area contributed by atoms with Crippen molar-refractivity contribution >= 4 is 17.2 Å². The average molecular weight is 195 g/mol. The van der Waals surface area contributed by atoms with E-state index in [1.807, 2.05) is 0 Å². The minimum absolute atomic E-state index is 0.524. The third kappa shape index (κ3) is 1.88. The van der Waals surface area contributed by atoms with E-state index in [-0.39, 0.29) is 0 Å². The molecule has 0 aromatic carbocycles. The van der Waals surface area contributed by atoms with E-state index in [0.29, 0.717) is 11.4 Å². The molecular formula is C9H13N3S. The number of fused-ring (bicyclic) bond motifs is 1. The summed E-state index contributed by atoms with van der Waals surface area (Å²) in [5.41, 5.74) is 6.48. The minimum Gasteiger partial charge on any atom is -0.393 e. The van der Waals surface area contributed by atoms with Gasteiger partial charge >= 0.3 is 0 Å². The maximum atomic E-state index is 5.46. The standard InChI is InChI=1S/C9H13N3S/c10-8(13)5-7-6-12-4-2-1-3-9(12)11-7/h6H,1-5H2,(H2,10,13). The summed E-state index contributed by atoms with van der Waals surface area (Å²) in [5, 5.41) is 0. The van der Waals surface area contributed by atoms with Crippen molar-refractivity contribution in [2.45, 2.75) is 32.2 Å². The Labute approximate surface area is 83.0 Å². The van der Waals surface area contributed by atoms with Gasteiger partial charge in [-0.2, -0.15) is 0 Å². The Balaban J connectivity index is 2.20. The van der Waals surface area contributed by atoms with Crippen LogP contribution in [0.3, 0.4) is 0 Å². The van der Waals surface area contributed by atoms with Gasteiger partial charge in [0.1, 0.15) is 5.82 Å². The number of imidazole rings is 1. The molecule has 1 aliphatic heterocycles. The fourth-order valence-corrected chi connectivity index (χ4v) is 1.88. The molecule has 4 heteroatoms. The second-order valence-corrected chi connectivity index (χ2v) is 3.97. The van der Waals surface area contributed by atoms with Crippen LogP contribution in [-0.2, 0) is 19.4 Å². The average Bonchev–Trinajstić information content (AvgIpc) is 2.44. The Kier molecular flexibility index (Phi) is 2.31. The zero-order chi connectivity index (χ0) is 9.26. The molecule has 13 heavy (non-hydrogen) atoms. The first kappa shape index (κ1) is 8.69. The molecule has 70 valence electrons. The van der Waals surface area contributed by atoms with E-state index in [1.165, 1.54) is 18.7 Å². The van der Waals surface area contributed by atoms with Crippen molar-refractivity contribution in [3.8, 4) is 0 Å². The Morgan fingerprint density at radius 3 is 3.15 bits per heavy atom. The first-order valence-electron chi connectivity index (χ1n) is 4.59. The number of aromatic nitrogens is 2. The van der Waals surface area contributed by atoms with Crippen molar-refractivity contribution < 1.29 is 0 Å². The van der Waals surface area contributed by atoms with Crippen molar-refractivity contribution in [3.05, 3.63) is 17.7 Å². The maximum absolute atomic E-state index is 5.46. The van der Waals surface area contributed by atoms with Crippen molar-refractivity contribution in [2.75, 3.05) is 0 Å². The van der Waals surface area contributed by atoms with Crippen LogP contribution in [0.15, 0.2) is 6.20 Å². The van der Waals surface area contributed by atoms with E-state index in [1.54, 1.807) is 0 Å². The minimum atomic E-state index is 0.524. The second-order valence-electron chi connectivity index (χ2n) is 3.44. The lowest BCUT2D eigenvalue weighted by molar-refractivity contribution is 0.522. The number of hydrogen-bond acceptors (Lipinski definition) is 2. The van der Waals surface area contributed by atoms with Gasteiger partial charge in [-0.15, -0.1) is 0 Å². The quantitative estimate of drug-likeness (QED) is 0.717. The zero-order valence-electron chi connectivity index (χ0n) is 7.49. The topological polar surface area (TPSA) is 43.8 Å². The molecule has 0 saturated carbocycles. The fourth-order valence-electron chi connectivity index (χ4n) is 1.74. The van der Waals surface area contributed by atoms with E-state index >= 15 is 0 Å². The number of rotatable bonds is 2. The van der Waals surface area contributed by atoms with Gasteiger partial charge in [0.25, 0.3) is 0 Å². The summed E-state index contributed by atoms with van der Waals surface area (Å²) in [6, 6.07) is 0. The largest absolute Gasteiger partial charge is 0.393 e. The van der Waals surface area contributed by atoms with Gasteiger partial charge in [-0.3, -0.25) is 0 Å². The molecule has 0 radical (unpaired) electrons. The van der Waals surface area contributed by atoms with Gasteiger partial charge in [0.2, 0.25) is 0 Å². The number of aryl methyl sites for hydroxylation is 2. The molecule has 1 aromatic heterocycles. The predicted octanol–water partition coefficient (Wildman–Crippen LogP) is 1.05. The third-order valence-electron chi connectivity index (χ3n) is 2.31. The summed E-state index contributed by atoms with van der Waals surface area (Å²) in [5.74, 6) is 1.19. The summed E-state index contributed by atoms with van der Waals surface area (Å²) >= 11 is 4.85. The molecule has 0 spiro atoms. The van der Waals surface area contributed by atoms with Gasteiger partial charge in [0.15, 0.2) is 0 Å². The van der Waals surface area contributed by atoms with E-state index in [0.717, 1.165) is 18.7 Å².